The lowest BCUT2D eigenvalue weighted by Crippen LogP contribution is -2.32. The van der Waals surface area contributed by atoms with Gasteiger partial charge in [-0.3, -0.25) is 10.1 Å². The molecule has 1 fully saturated rings. The topological polar surface area (TPSA) is 78.7 Å². The normalized spacial score (nSPS) is 17.6. The van der Waals surface area contributed by atoms with E-state index in [9.17, 15) is 10.1 Å². The van der Waals surface area contributed by atoms with E-state index in [0.29, 0.717) is 18.0 Å². The maximum atomic E-state index is 12.1. The predicted molar refractivity (Wildman–Crippen MR) is 64.4 cm³/mol. The van der Waals surface area contributed by atoms with E-state index in [0.717, 1.165) is 24.3 Å². The fraction of sp³-hybridized carbons (Fsp3) is 0.636. The number of nitrogens with one attached hydrogen (secondary N) is 1. The van der Waals surface area contributed by atoms with Gasteiger partial charge in [-0.05, 0) is 19.3 Å². The van der Waals surface area contributed by atoms with Gasteiger partial charge in [-0.1, -0.05) is 31.1 Å². The van der Waals surface area contributed by atoms with Gasteiger partial charge in [-0.25, -0.2) is 0 Å². The van der Waals surface area contributed by atoms with Gasteiger partial charge in [-0.2, -0.15) is 5.26 Å². The zero-order chi connectivity index (χ0) is 12.3. The number of carbonyl (C=O) groups is 1. The number of amides is 1. The first-order valence-electron chi connectivity index (χ1n) is 5.75. The average Bonchev–Trinajstić information content (AvgIpc) is 2.97. The van der Waals surface area contributed by atoms with E-state index in [1.54, 1.807) is 0 Å². The summed E-state index contributed by atoms with van der Waals surface area (Å²) in [7, 11) is 0. The zero-order valence-corrected chi connectivity index (χ0v) is 10.5. The maximum absolute atomic E-state index is 12.1. The minimum atomic E-state index is -0.849. The number of rotatable bonds is 3. The van der Waals surface area contributed by atoms with Crippen molar-refractivity contribution < 1.29 is 4.79 Å². The van der Waals surface area contributed by atoms with Crippen LogP contribution in [0.15, 0.2) is 0 Å². The van der Waals surface area contributed by atoms with Crippen molar-refractivity contribution in [3.63, 3.8) is 0 Å². The summed E-state index contributed by atoms with van der Waals surface area (Å²) in [6.07, 6.45) is 3.98. The minimum absolute atomic E-state index is 0.226. The molecule has 0 spiro atoms. The number of aromatic nitrogens is 2. The molecule has 0 bridgehead atoms. The quantitative estimate of drug-likeness (QED) is 0.891. The van der Waals surface area contributed by atoms with Crippen LogP contribution in [0.4, 0.5) is 5.13 Å². The van der Waals surface area contributed by atoms with Crippen molar-refractivity contribution in [1.82, 2.24) is 10.2 Å². The van der Waals surface area contributed by atoms with E-state index in [4.69, 9.17) is 0 Å². The van der Waals surface area contributed by atoms with Crippen LogP contribution < -0.4 is 5.32 Å². The molecule has 1 saturated carbocycles. The van der Waals surface area contributed by atoms with E-state index < -0.39 is 5.41 Å². The van der Waals surface area contributed by atoms with Crippen molar-refractivity contribution in [3.8, 4) is 6.07 Å². The van der Waals surface area contributed by atoms with Gasteiger partial charge >= 0.3 is 0 Å². The lowest BCUT2D eigenvalue weighted by molar-refractivity contribution is -0.122. The summed E-state index contributed by atoms with van der Waals surface area (Å²) in [6, 6.07) is 2.16. The summed E-state index contributed by atoms with van der Waals surface area (Å²) < 4.78 is 0. The lowest BCUT2D eigenvalue weighted by Gasteiger charge is -2.17. The number of carbonyl (C=O) groups excluding carboxylic acids is 1. The molecule has 0 aliphatic heterocycles. The number of nitrogens with zero attached hydrogens (tertiary/aromatic N) is 3. The molecular formula is C11H14N4OS. The van der Waals surface area contributed by atoms with Crippen molar-refractivity contribution >= 4 is 22.4 Å². The second-order valence-corrected chi connectivity index (χ2v) is 5.27. The van der Waals surface area contributed by atoms with E-state index in [-0.39, 0.29) is 5.91 Å². The summed E-state index contributed by atoms with van der Waals surface area (Å²) >= 11 is 1.37. The number of hydrogen-bond donors (Lipinski definition) is 1. The van der Waals surface area contributed by atoms with Crippen molar-refractivity contribution in [2.75, 3.05) is 5.32 Å². The first-order chi connectivity index (χ1) is 8.20. The molecule has 1 aromatic heterocycles. The van der Waals surface area contributed by atoms with Gasteiger partial charge in [0.15, 0.2) is 0 Å². The highest BCUT2D eigenvalue weighted by Crippen LogP contribution is 2.38. The van der Waals surface area contributed by atoms with Crippen LogP contribution in [0, 0.1) is 16.7 Å². The third-order valence-corrected chi connectivity index (χ3v) is 4.08. The van der Waals surface area contributed by atoms with E-state index in [1.807, 2.05) is 6.92 Å². The Balaban J connectivity index is 2.08. The molecule has 1 N–H and O–H groups in total. The molecule has 90 valence electrons. The Morgan fingerprint density at radius 2 is 2.24 bits per heavy atom. The van der Waals surface area contributed by atoms with Crippen molar-refractivity contribution in [2.24, 2.45) is 5.41 Å². The highest BCUT2D eigenvalue weighted by Gasteiger charge is 2.41. The van der Waals surface area contributed by atoms with Crippen LogP contribution in [0.2, 0.25) is 0 Å². The summed E-state index contributed by atoms with van der Waals surface area (Å²) in [5.74, 6) is -0.226. The molecule has 6 heteroatoms. The Bertz CT molecular complexity index is 456. The smallest absolute Gasteiger partial charge is 0.246 e. The van der Waals surface area contributed by atoms with Crippen molar-refractivity contribution in [2.45, 2.75) is 39.0 Å². The summed E-state index contributed by atoms with van der Waals surface area (Å²) in [6.45, 7) is 1.99. The van der Waals surface area contributed by atoms with Gasteiger partial charge in [-0.15, -0.1) is 10.2 Å². The van der Waals surface area contributed by atoms with Crippen LogP contribution in [0.3, 0.4) is 0 Å². The SMILES string of the molecule is CCc1nnc(NC(=O)C2(C#N)CCCC2)s1. The molecule has 5 nitrogen and oxygen atoms in total. The molecule has 0 atom stereocenters. The van der Waals surface area contributed by atoms with Gasteiger partial charge < -0.3 is 0 Å². The average molecular weight is 250 g/mol. The van der Waals surface area contributed by atoms with E-state index in [2.05, 4.69) is 21.6 Å². The Morgan fingerprint density at radius 3 is 2.76 bits per heavy atom. The lowest BCUT2D eigenvalue weighted by atomic mass is 9.87. The Morgan fingerprint density at radius 1 is 1.53 bits per heavy atom. The van der Waals surface area contributed by atoms with Crippen LogP contribution in [0.25, 0.3) is 0 Å². The third kappa shape index (κ3) is 2.29. The van der Waals surface area contributed by atoms with E-state index in [1.165, 1.54) is 11.3 Å². The van der Waals surface area contributed by atoms with Crippen LogP contribution in [-0.4, -0.2) is 16.1 Å². The fourth-order valence-electron chi connectivity index (χ4n) is 2.03. The molecular weight excluding hydrogens is 236 g/mol. The van der Waals surface area contributed by atoms with Crippen molar-refractivity contribution in [1.29, 1.82) is 5.26 Å². The van der Waals surface area contributed by atoms with Crippen LogP contribution >= 0.6 is 11.3 Å². The largest absolute Gasteiger partial charge is 0.299 e. The monoisotopic (exact) mass is 250 g/mol. The molecule has 2 rings (SSSR count). The first-order valence-corrected chi connectivity index (χ1v) is 6.57. The molecule has 0 aromatic carbocycles. The molecule has 1 heterocycles. The second-order valence-electron chi connectivity index (χ2n) is 4.21. The van der Waals surface area contributed by atoms with Gasteiger partial charge in [0.05, 0.1) is 6.07 Å². The molecule has 0 unspecified atom stereocenters. The third-order valence-electron chi connectivity index (χ3n) is 3.10. The van der Waals surface area contributed by atoms with Crippen LogP contribution in [0.1, 0.15) is 37.6 Å². The number of nitriles is 1. The number of hydrogen-bond acceptors (Lipinski definition) is 5. The van der Waals surface area contributed by atoms with E-state index >= 15 is 0 Å². The highest BCUT2D eigenvalue weighted by molar-refractivity contribution is 7.15. The predicted octanol–water partition coefficient (Wildman–Crippen LogP) is 2.12. The van der Waals surface area contributed by atoms with Crippen LogP contribution in [0.5, 0.6) is 0 Å². The summed E-state index contributed by atoms with van der Waals surface area (Å²) in [4.78, 5) is 12.1. The molecule has 0 saturated heterocycles. The van der Waals surface area contributed by atoms with Crippen molar-refractivity contribution in [3.05, 3.63) is 5.01 Å². The molecule has 1 aliphatic rings. The minimum Gasteiger partial charge on any atom is -0.299 e. The number of anilines is 1. The Hall–Kier alpha value is -1.48. The zero-order valence-electron chi connectivity index (χ0n) is 9.69. The second kappa shape index (κ2) is 4.80. The maximum Gasteiger partial charge on any atom is 0.246 e. The van der Waals surface area contributed by atoms with Gasteiger partial charge in [0, 0.05) is 0 Å². The molecule has 1 aliphatic carbocycles. The van der Waals surface area contributed by atoms with Gasteiger partial charge in [0.25, 0.3) is 0 Å². The summed E-state index contributed by atoms with van der Waals surface area (Å²) in [5.41, 5.74) is -0.849. The highest BCUT2D eigenvalue weighted by atomic mass is 32.1. The standard InChI is InChI=1S/C11H14N4OS/c1-2-8-14-15-10(17-8)13-9(16)11(7-12)5-3-4-6-11/h2-6H2,1H3,(H,13,15,16). The molecule has 0 radical (unpaired) electrons. The molecule has 1 aromatic rings. The number of aryl methyl sites for hydroxylation is 1. The Kier molecular flexibility index (Phi) is 3.38. The fourth-order valence-corrected chi connectivity index (χ4v) is 2.71. The van der Waals surface area contributed by atoms with Gasteiger partial charge in [0.2, 0.25) is 11.0 Å². The Labute approximate surface area is 104 Å². The van der Waals surface area contributed by atoms with Crippen LogP contribution in [-0.2, 0) is 11.2 Å². The molecule has 1 amide bonds. The first kappa shape index (κ1) is 12.0. The van der Waals surface area contributed by atoms with Gasteiger partial charge in [0.1, 0.15) is 10.4 Å². The summed E-state index contributed by atoms with van der Waals surface area (Å²) in [5, 5.41) is 21.1. The molecule has 17 heavy (non-hydrogen) atoms.